The van der Waals surface area contributed by atoms with Gasteiger partial charge in [0.15, 0.2) is 11.0 Å². The highest BCUT2D eigenvalue weighted by molar-refractivity contribution is 7.99. The van der Waals surface area contributed by atoms with Crippen molar-refractivity contribution in [2.24, 2.45) is 7.05 Å². The monoisotopic (exact) mass is 343 g/mol. The van der Waals surface area contributed by atoms with Crippen LogP contribution in [0.15, 0.2) is 5.16 Å². The Morgan fingerprint density at radius 3 is 2.48 bits per heavy atom. The van der Waals surface area contributed by atoms with E-state index < -0.39 is 6.43 Å². The van der Waals surface area contributed by atoms with E-state index in [4.69, 9.17) is 0 Å². The molecule has 1 fully saturated rings. The van der Waals surface area contributed by atoms with Gasteiger partial charge in [0.05, 0.1) is 11.3 Å². The van der Waals surface area contributed by atoms with Crippen LogP contribution < -0.4 is 0 Å². The number of hydrogen-bond donors (Lipinski definition) is 0. The zero-order chi connectivity index (χ0) is 16.4. The molecule has 3 rings (SSSR count). The van der Waals surface area contributed by atoms with Gasteiger partial charge in [0.25, 0.3) is 6.43 Å². The van der Waals surface area contributed by atoms with Crippen LogP contribution in [0.25, 0.3) is 0 Å². The molecule has 0 amide bonds. The summed E-state index contributed by atoms with van der Waals surface area (Å²) in [4.78, 5) is 0. The Morgan fingerprint density at radius 2 is 1.83 bits per heavy atom. The van der Waals surface area contributed by atoms with E-state index in [0.717, 1.165) is 18.7 Å². The van der Waals surface area contributed by atoms with Gasteiger partial charge in [0.2, 0.25) is 5.82 Å². The molecule has 126 valence electrons. The molecular formula is C13H19F2N7S. The van der Waals surface area contributed by atoms with Crippen LogP contribution in [0, 0.1) is 0 Å². The number of nitrogens with zero attached hydrogens (tertiary/aromatic N) is 7. The second-order valence-electron chi connectivity index (χ2n) is 5.73. The van der Waals surface area contributed by atoms with Crippen LogP contribution in [0.5, 0.6) is 0 Å². The average Bonchev–Trinajstić information content (AvgIpc) is 3.16. The number of alkyl halides is 2. The van der Waals surface area contributed by atoms with Crippen molar-refractivity contribution < 1.29 is 8.78 Å². The van der Waals surface area contributed by atoms with E-state index in [-0.39, 0.29) is 11.1 Å². The second kappa shape index (κ2) is 6.90. The lowest BCUT2D eigenvalue weighted by molar-refractivity contribution is 0.135. The van der Waals surface area contributed by atoms with Gasteiger partial charge in [-0.05, 0) is 30.2 Å². The molecule has 0 aromatic carbocycles. The van der Waals surface area contributed by atoms with Crippen molar-refractivity contribution in [3.05, 3.63) is 11.6 Å². The molecule has 0 saturated heterocycles. The van der Waals surface area contributed by atoms with Crippen molar-refractivity contribution in [3.63, 3.8) is 0 Å². The zero-order valence-electron chi connectivity index (χ0n) is 13.1. The van der Waals surface area contributed by atoms with Gasteiger partial charge in [-0.2, -0.15) is 0 Å². The number of rotatable bonds is 5. The summed E-state index contributed by atoms with van der Waals surface area (Å²) in [5, 5.41) is 19.8. The molecule has 0 bridgehead atoms. The lowest BCUT2D eigenvalue weighted by atomic mass is 9.95. The number of halogens is 2. The topological polar surface area (TPSA) is 74.3 Å². The van der Waals surface area contributed by atoms with Gasteiger partial charge in [-0.15, -0.1) is 15.3 Å². The van der Waals surface area contributed by atoms with E-state index in [1.807, 2.05) is 11.6 Å². The van der Waals surface area contributed by atoms with Gasteiger partial charge in [0.1, 0.15) is 0 Å². The van der Waals surface area contributed by atoms with Crippen molar-refractivity contribution >= 4 is 11.8 Å². The summed E-state index contributed by atoms with van der Waals surface area (Å²) >= 11 is 1.34. The molecule has 0 unspecified atom stereocenters. The molecule has 1 aliphatic rings. The molecule has 1 saturated carbocycles. The lowest BCUT2D eigenvalue weighted by Gasteiger charge is -2.23. The van der Waals surface area contributed by atoms with Gasteiger partial charge in [-0.3, -0.25) is 0 Å². The molecule has 0 radical (unpaired) electrons. The molecule has 0 spiro atoms. The first-order valence-electron chi connectivity index (χ1n) is 7.69. The number of aromatic nitrogens is 7. The van der Waals surface area contributed by atoms with Crippen molar-refractivity contribution in [2.75, 3.05) is 0 Å². The van der Waals surface area contributed by atoms with Crippen molar-refractivity contribution in [2.45, 2.75) is 61.9 Å². The van der Waals surface area contributed by atoms with Crippen LogP contribution in [-0.2, 0) is 7.05 Å². The smallest absolute Gasteiger partial charge is 0.297 e. The maximum atomic E-state index is 12.8. The highest BCUT2D eigenvalue weighted by Crippen LogP contribution is 2.36. The highest BCUT2D eigenvalue weighted by Gasteiger charge is 2.25. The van der Waals surface area contributed by atoms with Gasteiger partial charge in [-0.25, -0.2) is 13.5 Å². The predicted molar refractivity (Wildman–Crippen MR) is 80.2 cm³/mol. The van der Waals surface area contributed by atoms with Crippen molar-refractivity contribution in [3.8, 4) is 0 Å². The molecule has 0 aliphatic heterocycles. The van der Waals surface area contributed by atoms with Crippen LogP contribution in [0.1, 0.15) is 68.4 Å². The largest absolute Gasteiger partial charge is 0.304 e. The van der Waals surface area contributed by atoms with Gasteiger partial charge in [-0.1, -0.05) is 31.0 Å². The molecule has 2 aromatic heterocycles. The van der Waals surface area contributed by atoms with E-state index in [1.54, 1.807) is 7.05 Å². The minimum Gasteiger partial charge on any atom is -0.304 e. The molecule has 2 heterocycles. The van der Waals surface area contributed by atoms with E-state index in [2.05, 4.69) is 25.7 Å². The third-order valence-corrected chi connectivity index (χ3v) is 5.28. The number of hydrogen-bond acceptors (Lipinski definition) is 6. The molecule has 10 heteroatoms. The van der Waals surface area contributed by atoms with Crippen LogP contribution in [0.4, 0.5) is 8.78 Å². The van der Waals surface area contributed by atoms with Crippen LogP contribution in [0.2, 0.25) is 0 Å². The lowest BCUT2D eigenvalue weighted by Crippen LogP contribution is -2.17. The summed E-state index contributed by atoms with van der Waals surface area (Å²) in [7, 11) is 1.54. The Morgan fingerprint density at radius 1 is 1.09 bits per heavy atom. The number of thioether (sulfide) groups is 1. The summed E-state index contributed by atoms with van der Waals surface area (Å²) in [5.41, 5.74) is 0. The summed E-state index contributed by atoms with van der Waals surface area (Å²) in [6, 6.07) is 0.327. The SMILES string of the molecule is C[C@@H](Sc1nnc(C(F)F)n1C)c1nnnn1C1CCCCC1. The fraction of sp³-hybridized carbons (Fsp3) is 0.769. The number of tetrazole rings is 1. The summed E-state index contributed by atoms with van der Waals surface area (Å²) < 4.78 is 28.8. The molecule has 7 nitrogen and oxygen atoms in total. The minimum absolute atomic E-state index is 0.0969. The van der Waals surface area contributed by atoms with E-state index in [9.17, 15) is 8.78 Å². The molecular weight excluding hydrogens is 324 g/mol. The third-order valence-electron chi connectivity index (χ3n) is 4.15. The maximum absolute atomic E-state index is 12.8. The van der Waals surface area contributed by atoms with Crippen LogP contribution >= 0.6 is 11.8 Å². The first-order valence-corrected chi connectivity index (χ1v) is 8.57. The molecule has 1 aliphatic carbocycles. The normalized spacial score (nSPS) is 17.8. The Balaban J connectivity index is 1.76. The van der Waals surface area contributed by atoms with Gasteiger partial charge in [0, 0.05) is 7.05 Å². The predicted octanol–water partition coefficient (Wildman–Crippen LogP) is 3.10. The Kier molecular flexibility index (Phi) is 4.88. The Hall–Kier alpha value is -1.58. The van der Waals surface area contributed by atoms with E-state index in [0.29, 0.717) is 11.2 Å². The molecule has 0 N–H and O–H groups in total. The third kappa shape index (κ3) is 3.36. The van der Waals surface area contributed by atoms with Crippen LogP contribution in [-0.4, -0.2) is 35.0 Å². The van der Waals surface area contributed by atoms with E-state index >= 15 is 0 Å². The molecule has 23 heavy (non-hydrogen) atoms. The fourth-order valence-corrected chi connectivity index (χ4v) is 3.80. The zero-order valence-corrected chi connectivity index (χ0v) is 13.9. The van der Waals surface area contributed by atoms with Crippen LogP contribution in [0.3, 0.4) is 0 Å². The standard InChI is InChI=1S/C13H19F2N7S/c1-8(23-13-18-16-12(10(14)15)21(13)2)11-17-19-20-22(11)9-6-4-3-5-7-9/h8-10H,3-7H2,1-2H3/t8-/m1/s1. The minimum atomic E-state index is -2.63. The maximum Gasteiger partial charge on any atom is 0.297 e. The van der Waals surface area contributed by atoms with Gasteiger partial charge < -0.3 is 4.57 Å². The summed E-state index contributed by atoms with van der Waals surface area (Å²) in [6.07, 6.45) is 3.15. The quantitative estimate of drug-likeness (QED) is 0.777. The van der Waals surface area contributed by atoms with E-state index in [1.165, 1.54) is 35.6 Å². The van der Waals surface area contributed by atoms with Crippen molar-refractivity contribution in [1.29, 1.82) is 0 Å². The summed E-state index contributed by atoms with van der Waals surface area (Å²) in [6.45, 7) is 1.95. The Labute approximate surface area is 136 Å². The second-order valence-corrected chi connectivity index (χ2v) is 7.04. The first kappa shape index (κ1) is 16.3. The average molecular weight is 343 g/mol. The molecule has 1 atom stereocenters. The first-order chi connectivity index (χ1) is 11.1. The Bertz CT molecular complexity index is 651. The summed E-state index contributed by atoms with van der Waals surface area (Å²) in [5.74, 6) is 0.426. The van der Waals surface area contributed by atoms with Gasteiger partial charge >= 0.3 is 0 Å². The van der Waals surface area contributed by atoms with Crippen molar-refractivity contribution in [1.82, 2.24) is 35.0 Å². The fourth-order valence-electron chi connectivity index (χ4n) is 2.88. The molecule has 2 aromatic rings. The highest BCUT2D eigenvalue weighted by atomic mass is 32.2.